The van der Waals surface area contributed by atoms with Crippen molar-refractivity contribution in [1.29, 1.82) is 1.28 Å². The number of hydrogen-bond donors (Lipinski definition) is 5. The zero-order chi connectivity index (χ0) is 23.3. The molecule has 1 saturated heterocycles. The summed E-state index contributed by atoms with van der Waals surface area (Å²) in [5.74, 6) is -0.346. The van der Waals surface area contributed by atoms with Gasteiger partial charge in [-0.15, -0.1) is 0 Å². The van der Waals surface area contributed by atoms with Gasteiger partial charge in [-0.2, -0.15) is 4.98 Å². The third-order valence-corrected chi connectivity index (χ3v) is 5.31. The summed E-state index contributed by atoms with van der Waals surface area (Å²) >= 11 is 0. The van der Waals surface area contributed by atoms with E-state index < -0.39 is 38.6 Å². The van der Waals surface area contributed by atoms with Crippen LogP contribution in [-0.2, 0) is 20.5 Å². The Bertz CT molecular complexity index is 1040. The number of aliphatic hydroxyl groups is 1. The minimum atomic E-state index is -2.25. The van der Waals surface area contributed by atoms with Gasteiger partial charge in [0.15, 0.2) is 6.16 Å². The molecule has 13 heteroatoms. The van der Waals surface area contributed by atoms with Crippen LogP contribution in [0.4, 0.5) is 5.82 Å². The largest absolute Gasteiger partial charge is 0.390 e. The lowest BCUT2D eigenvalue weighted by molar-refractivity contribution is -0.122. The van der Waals surface area contributed by atoms with E-state index in [1.807, 2.05) is 0 Å². The molecule has 1 aliphatic heterocycles. The second-order valence-corrected chi connectivity index (χ2v) is 7.67. The van der Waals surface area contributed by atoms with E-state index in [0.29, 0.717) is 12.0 Å². The predicted molar refractivity (Wildman–Crippen MR) is 114 cm³/mol. The number of rotatable bonds is 9. The van der Waals surface area contributed by atoms with E-state index in [2.05, 4.69) is 20.3 Å². The molecule has 0 spiro atoms. The van der Waals surface area contributed by atoms with Crippen molar-refractivity contribution in [3.63, 3.8) is 0 Å². The summed E-state index contributed by atoms with van der Waals surface area (Å²) in [6.45, 7) is 0.172. The maximum absolute atomic E-state index is 12.3. The summed E-state index contributed by atoms with van der Waals surface area (Å²) < 4.78 is 25.1. The summed E-state index contributed by atoms with van der Waals surface area (Å²) in [7, 11) is -2.25. The summed E-state index contributed by atoms with van der Waals surface area (Å²) in [5.41, 5.74) is 12.2. The highest BCUT2D eigenvalue weighted by Gasteiger charge is 2.37. The van der Waals surface area contributed by atoms with Gasteiger partial charge in [-0.1, -0.05) is 16.7 Å². The highest BCUT2D eigenvalue weighted by Crippen LogP contribution is 2.29. The van der Waals surface area contributed by atoms with Crippen LogP contribution in [0.3, 0.4) is 0 Å². The lowest BCUT2D eigenvalue weighted by atomic mass is 10.1. The van der Waals surface area contributed by atoms with Crippen LogP contribution < -0.4 is 22.5 Å². The highest BCUT2D eigenvalue weighted by atomic mass is 31.1. The lowest BCUT2D eigenvalue weighted by Gasteiger charge is -2.14. The minimum absolute atomic E-state index is 0.00546. The van der Waals surface area contributed by atoms with Crippen molar-refractivity contribution < 1.29 is 19.2 Å². The van der Waals surface area contributed by atoms with E-state index in [1.165, 1.54) is 17.1 Å². The fourth-order valence-electron chi connectivity index (χ4n) is 3.16. The number of amides is 1. The number of hydrogen-bond acceptors (Lipinski definition) is 9. The smallest absolute Gasteiger partial charge is 0.388 e. The second kappa shape index (κ2) is 10.4. The van der Waals surface area contributed by atoms with E-state index in [9.17, 15) is 19.3 Å². The SMILES string of the molecule is [3H][P+](=O)CC1OC(n2cc(/C=C/CNC(=O)C(N)Cc3cnc[nH]3)c(N)nc2=O)CC1O. The van der Waals surface area contributed by atoms with Crippen molar-refractivity contribution in [2.24, 2.45) is 5.73 Å². The van der Waals surface area contributed by atoms with Crippen molar-refractivity contribution in [3.05, 3.63) is 46.5 Å². The molecule has 12 nitrogen and oxygen atoms in total. The standard InChI is InChI=1S/C18H24N7O5P/c19-12(4-11-6-21-9-23-11)17(27)22-3-1-2-10-7-25(18(28)24-16(10)20)15-5-13(26)14(30-15)8-31-29/h1-2,6-7,9,12-15,26H,3-5,8,19H2,(H,21,23)(H,22,27)(H2,20,24,28)/p+1/b2-1+/i/hT. The molecular formula is C18H25N7O5P+. The molecule has 7 N–H and O–H groups in total. The summed E-state index contributed by atoms with van der Waals surface area (Å²) in [5, 5.41) is 12.7. The molecule has 0 saturated carbocycles. The molecule has 0 bridgehead atoms. The first kappa shape index (κ1) is 21.3. The van der Waals surface area contributed by atoms with Gasteiger partial charge in [-0.25, -0.2) is 9.78 Å². The Balaban J connectivity index is 1.61. The van der Waals surface area contributed by atoms with Crippen molar-refractivity contribution in [3.8, 4) is 0 Å². The molecule has 3 heterocycles. The number of nitrogens with one attached hydrogen (secondary N) is 2. The third-order valence-electron chi connectivity index (χ3n) is 4.80. The van der Waals surface area contributed by atoms with Gasteiger partial charge in [0, 0.05) is 43.0 Å². The van der Waals surface area contributed by atoms with Crippen molar-refractivity contribution in [2.75, 3.05) is 18.4 Å². The molecule has 0 aromatic carbocycles. The molecule has 5 atom stereocenters. The average Bonchev–Trinajstić information content (AvgIpc) is 3.36. The summed E-state index contributed by atoms with van der Waals surface area (Å²) in [4.78, 5) is 34.9. The second-order valence-electron chi connectivity index (χ2n) is 7.05. The number of anilines is 1. The number of nitrogen functional groups attached to an aromatic ring is 1. The first-order chi connectivity index (χ1) is 15.2. The molecule has 2 aromatic rings. The summed E-state index contributed by atoms with van der Waals surface area (Å²) in [6, 6.07) is -0.741. The summed E-state index contributed by atoms with van der Waals surface area (Å²) in [6.07, 6.45) is 5.47. The van der Waals surface area contributed by atoms with Gasteiger partial charge in [0.1, 0.15) is 18.1 Å². The molecule has 1 amide bonds. The van der Waals surface area contributed by atoms with Gasteiger partial charge in [-0.3, -0.25) is 9.36 Å². The first-order valence-corrected chi connectivity index (χ1v) is 10.6. The van der Waals surface area contributed by atoms with Gasteiger partial charge in [0.25, 0.3) is 0 Å². The quantitative estimate of drug-likeness (QED) is 0.294. The number of aromatic nitrogens is 4. The highest BCUT2D eigenvalue weighted by molar-refractivity contribution is 7.23. The Morgan fingerprint density at radius 2 is 2.42 bits per heavy atom. The van der Waals surface area contributed by atoms with Crippen LogP contribution in [0.2, 0.25) is 0 Å². The van der Waals surface area contributed by atoms with Crippen LogP contribution >= 0.6 is 8.41 Å². The Hall–Kier alpha value is -2.92. The molecule has 1 aliphatic rings. The molecule has 1 fully saturated rings. The average molecular weight is 452 g/mol. The van der Waals surface area contributed by atoms with E-state index in [-0.39, 0.29) is 30.9 Å². The molecule has 166 valence electrons. The van der Waals surface area contributed by atoms with E-state index >= 15 is 0 Å². The zero-order valence-corrected chi connectivity index (χ0v) is 17.4. The molecule has 0 radical (unpaired) electrons. The van der Waals surface area contributed by atoms with Gasteiger partial charge < -0.3 is 31.6 Å². The molecule has 5 unspecified atom stereocenters. The number of aliphatic hydroxyl groups excluding tert-OH is 1. The Labute approximate surface area is 180 Å². The third kappa shape index (κ3) is 5.82. The van der Waals surface area contributed by atoms with Crippen LogP contribution in [0.5, 0.6) is 0 Å². The van der Waals surface area contributed by atoms with E-state index in [4.69, 9.17) is 17.5 Å². The van der Waals surface area contributed by atoms with Gasteiger partial charge in [0.05, 0.1) is 18.5 Å². The number of nitrogens with zero attached hydrogens (tertiary/aromatic N) is 3. The van der Waals surface area contributed by atoms with Crippen LogP contribution in [0, 0.1) is 0 Å². The number of ether oxygens (including phenoxy) is 1. The number of carbonyl (C=O) groups is 1. The monoisotopic (exact) mass is 452 g/mol. The van der Waals surface area contributed by atoms with E-state index in [1.54, 1.807) is 18.3 Å². The van der Waals surface area contributed by atoms with Crippen LogP contribution in [0.15, 0.2) is 29.6 Å². The van der Waals surface area contributed by atoms with E-state index in [0.717, 1.165) is 5.69 Å². The van der Waals surface area contributed by atoms with Crippen molar-refractivity contribution >= 4 is 26.2 Å². The Morgan fingerprint density at radius 1 is 1.61 bits per heavy atom. The molecule has 31 heavy (non-hydrogen) atoms. The zero-order valence-electron chi connectivity index (χ0n) is 17.5. The normalized spacial score (nSPS) is 23.0. The maximum Gasteiger partial charge on any atom is 0.388 e. The van der Waals surface area contributed by atoms with Crippen molar-refractivity contribution in [1.82, 2.24) is 24.8 Å². The van der Waals surface area contributed by atoms with Gasteiger partial charge in [0.2, 0.25) is 5.91 Å². The predicted octanol–water partition coefficient (Wildman–Crippen LogP) is -1.08. The fraction of sp³-hybridized carbons (Fsp3) is 0.444. The maximum atomic E-state index is 12.3. The number of imidazole rings is 1. The molecule has 3 rings (SSSR count). The number of carbonyl (C=O) groups excluding carboxylic acids is 1. The number of nitrogens with two attached hydrogens (primary N) is 2. The van der Waals surface area contributed by atoms with Crippen molar-refractivity contribution in [2.45, 2.75) is 37.3 Å². The van der Waals surface area contributed by atoms with Crippen LogP contribution in [-0.4, -0.2) is 62.8 Å². The fourth-order valence-corrected chi connectivity index (χ4v) is 3.63. The molecular weight excluding hydrogens is 425 g/mol. The van der Waals surface area contributed by atoms with Crippen LogP contribution in [0.1, 0.15) is 23.9 Å². The Kier molecular flexibility index (Phi) is 7.15. The lowest BCUT2D eigenvalue weighted by Crippen LogP contribution is -2.42. The van der Waals surface area contributed by atoms with Gasteiger partial charge >= 0.3 is 15.4 Å². The number of H-pyrrole nitrogens is 1. The Morgan fingerprint density at radius 3 is 3.13 bits per heavy atom. The van der Waals surface area contributed by atoms with Gasteiger partial charge in [-0.05, 0) is 0 Å². The molecule has 2 aromatic heterocycles. The number of aromatic amines is 1. The first-order valence-electron chi connectivity index (χ1n) is 10.0. The van der Waals surface area contributed by atoms with Crippen LogP contribution in [0.25, 0.3) is 6.08 Å². The molecule has 0 aliphatic carbocycles. The topological polar surface area (TPSA) is 191 Å². The minimum Gasteiger partial charge on any atom is -0.390 e.